The summed E-state index contributed by atoms with van der Waals surface area (Å²) in [4.78, 5) is 12.2. The van der Waals surface area contributed by atoms with Crippen molar-refractivity contribution in [3.8, 4) is 11.4 Å². The van der Waals surface area contributed by atoms with Crippen molar-refractivity contribution in [3.05, 3.63) is 41.7 Å². The fourth-order valence-corrected chi connectivity index (χ4v) is 1.33. The van der Waals surface area contributed by atoms with E-state index in [1.165, 1.54) is 6.07 Å². The average Bonchev–Trinajstić information content (AvgIpc) is 2.23. The molecule has 2 heterocycles. The molecule has 0 N–H and O–H groups in total. The first kappa shape index (κ1) is 9.71. The summed E-state index contributed by atoms with van der Waals surface area (Å²) in [6, 6.07) is 2.93. The van der Waals surface area contributed by atoms with Crippen LogP contribution in [0.2, 0.25) is 0 Å². The van der Waals surface area contributed by atoms with Crippen LogP contribution in [0.1, 0.15) is 11.4 Å². The Morgan fingerprint density at radius 3 is 2.67 bits per heavy atom. The van der Waals surface area contributed by atoms with E-state index in [0.29, 0.717) is 11.5 Å². The van der Waals surface area contributed by atoms with Crippen molar-refractivity contribution in [3.63, 3.8) is 0 Å². The normalized spacial score (nSPS) is 10.3. The van der Waals surface area contributed by atoms with E-state index in [0.717, 1.165) is 5.56 Å². The molecule has 0 aliphatic carbocycles. The van der Waals surface area contributed by atoms with Gasteiger partial charge in [-0.2, -0.15) is 0 Å². The molecule has 0 spiro atoms. The lowest BCUT2D eigenvalue weighted by Gasteiger charge is -2.05. The van der Waals surface area contributed by atoms with Gasteiger partial charge in [0.15, 0.2) is 5.82 Å². The van der Waals surface area contributed by atoms with Crippen molar-refractivity contribution in [2.45, 2.75) is 13.8 Å². The van der Waals surface area contributed by atoms with E-state index in [4.69, 9.17) is 0 Å². The van der Waals surface area contributed by atoms with E-state index in [9.17, 15) is 4.39 Å². The highest BCUT2D eigenvalue weighted by atomic mass is 19.1. The van der Waals surface area contributed by atoms with Gasteiger partial charge >= 0.3 is 0 Å². The molecule has 2 aromatic rings. The van der Waals surface area contributed by atoms with Crippen LogP contribution in [-0.4, -0.2) is 15.0 Å². The summed E-state index contributed by atoms with van der Waals surface area (Å²) in [5, 5.41) is 0. The minimum atomic E-state index is -0.362. The van der Waals surface area contributed by atoms with Crippen molar-refractivity contribution >= 4 is 0 Å². The van der Waals surface area contributed by atoms with Gasteiger partial charge in [-0.1, -0.05) is 0 Å². The molecular weight excluding hydrogens is 193 g/mol. The molecule has 0 fully saturated rings. The second-order valence-electron chi connectivity index (χ2n) is 3.28. The molecule has 0 radical (unpaired) electrons. The van der Waals surface area contributed by atoms with E-state index in [2.05, 4.69) is 15.0 Å². The third-order valence-electron chi connectivity index (χ3n) is 2.07. The Kier molecular flexibility index (Phi) is 2.41. The van der Waals surface area contributed by atoms with E-state index < -0.39 is 0 Å². The second kappa shape index (κ2) is 3.73. The molecule has 0 unspecified atom stereocenters. The Labute approximate surface area is 87.0 Å². The first-order chi connectivity index (χ1) is 7.18. The maximum absolute atomic E-state index is 13.5. The van der Waals surface area contributed by atoms with E-state index in [1.807, 2.05) is 6.92 Å². The van der Waals surface area contributed by atoms with Crippen molar-refractivity contribution in [2.75, 3.05) is 0 Å². The van der Waals surface area contributed by atoms with Crippen LogP contribution in [0.5, 0.6) is 0 Å². The number of hydrogen-bond donors (Lipinski definition) is 0. The molecule has 0 saturated carbocycles. The lowest BCUT2D eigenvalue weighted by Crippen LogP contribution is -1.98. The Bertz CT molecular complexity index is 497. The van der Waals surface area contributed by atoms with Crippen LogP contribution < -0.4 is 0 Å². The zero-order chi connectivity index (χ0) is 10.8. The lowest BCUT2D eigenvalue weighted by molar-refractivity contribution is 0.624. The number of aromatic nitrogens is 3. The maximum Gasteiger partial charge on any atom is 0.151 e. The highest BCUT2D eigenvalue weighted by molar-refractivity contribution is 5.58. The summed E-state index contributed by atoms with van der Waals surface area (Å²) in [7, 11) is 0. The van der Waals surface area contributed by atoms with E-state index >= 15 is 0 Å². The summed E-state index contributed by atoms with van der Waals surface area (Å²) in [6.07, 6.45) is 3.22. The van der Waals surface area contributed by atoms with Gasteiger partial charge in [0.25, 0.3) is 0 Å². The summed E-state index contributed by atoms with van der Waals surface area (Å²) in [6.45, 7) is 3.60. The highest BCUT2D eigenvalue weighted by Crippen LogP contribution is 2.20. The SMILES string of the molecule is Cc1ncc(C)c(-c2ncccc2F)n1. The molecule has 0 aliphatic heterocycles. The van der Waals surface area contributed by atoms with Gasteiger partial charge in [-0.05, 0) is 31.5 Å². The van der Waals surface area contributed by atoms with E-state index in [1.54, 1.807) is 25.4 Å². The standard InChI is InChI=1S/C11H10FN3/c1-7-6-14-8(2)15-10(7)11-9(12)4-3-5-13-11/h3-6H,1-2H3. The van der Waals surface area contributed by atoms with Crippen molar-refractivity contribution in [1.29, 1.82) is 0 Å². The van der Waals surface area contributed by atoms with Crippen LogP contribution in [-0.2, 0) is 0 Å². The topological polar surface area (TPSA) is 38.7 Å². The van der Waals surface area contributed by atoms with Gasteiger partial charge in [0.2, 0.25) is 0 Å². The fourth-order valence-electron chi connectivity index (χ4n) is 1.33. The van der Waals surface area contributed by atoms with Crippen molar-refractivity contribution in [2.24, 2.45) is 0 Å². The van der Waals surface area contributed by atoms with Crippen LogP contribution in [0.4, 0.5) is 4.39 Å². The van der Waals surface area contributed by atoms with Crippen molar-refractivity contribution in [1.82, 2.24) is 15.0 Å². The molecule has 0 saturated heterocycles. The predicted molar refractivity (Wildman–Crippen MR) is 54.7 cm³/mol. The van der Waals surface area contributed by atoms with Gasteiger partial charge in [-0.3, -0.25) is 4.98 Å². The van der Waals surface area contributed by atoms with Gasteiger partial charge in [0.05, 0.1) is 5.69 Å². The average molecular weight is 203 g/mol. The molecule has 3 nitrogen and oxygen atoms in total. The summed E-state index contributed by atoms with van der Waals surface area (Å²) in [5.74, 6) is 0.249. The molecule has 15 heavy (non-hydrogen) atoms. The third kappa shape index (κ3) is 1.83. The van der Waals surface area contributed by atoms with Crippen LogP contribution in [0.15, 0.2) is 24.5 Å². The van der Waals surface area contributed by atoms with Crippen molar-refractivity contribution < 1.29 is 4.39 Å². The monoisotopic (exact) mass is 203 g/mol. The predicted octanol–water partition coefficient (Wildman–Crippen LogP) is 2.29. The summed E-state index contributed by atoms with van der Waals surface area (Å²) >= 11 is 0. The number of pyridine rings is 1. The van der Waals surface area contributed by atoms with Crippen LogP contribution in [0.3, 0.4) is 0 Å². The van der Waals surface area contributed by atoms with Crippen LogP contribution in [0, 0.1) is 19.7 Å². The Hall–Kier alpha value is -1.84. The highest BCUT2D eigenvalue weighted by Gasteiger charge is 2.10. The maximum atomic E-state index is 13.5. The number of aryl methyl sites for hydroxylation is 2. The Balaban J connectivity index is 2.64. The molecule has 0 bridgehead atoms. The molecule has 0 amide bonds. The molecule has 0 atom stereocenters. The molecule has 0 aliphatic rings. The zero-order valence-corrected chi connectivity index (χ0v) is 8.53. The number of rotatable bonds is 1. The van der Waals surface area contributed by atoms with Crippen LogP contribution >= 0.6 is 0 Å². The number of halogens is 1. The molecule has 2 aromatic heterocycles. The summed E-state index contributed by atoms with van der Waals surface area (Å²) < 4.78 is 13.5. The largest absolute Gasteiger partial charge is 0.251 e. The quantitative estimate of drug-likeness (QED) is 0.713. The second-order valence-corrected chi connectivity index (χ2v) is 3.28. The number of nitrogens with zero attached hydrogens (tertiary/aromatic N) is 3. The lowest BCUT2D eigenvalue weighted by atomic mass is 10.2. The minimum absolute atomic E-state index is 0.278. The molecule has 2 rings (SSSR count). The molecular formula is C11H10FN3. The fraction of sp³-hybridized carbons (Fsp3) is 0.182. The first-order valence-corrected chi connectivity index (χ1v) is 4.59. The molecule has 0 aromatic carbocycles. The Morgan fingerprint density at radius 2 is 1.93 bits per heavy atom. The van der Waals surface area contributed by atoms with E-state index in [-0.39, 0.29) is 11.5 Å². The molecule has 76 valence electrons. The third-order valence-corrected chi connectivity index (χ3v) is 2.07. The molecule has 4 heteroatoms. The van der Waals surface area contributed by atoms with Gasteiger partial charge < -0.3 is 0 Å². The first-order valence-electron chi connectivity index (χ1n) is 4.59. The van der Waals surface area contributed by atoms with Gasteiger partial charge in [0, 0.05) is 12.4 Å². The zero-order valence-electron chi connectivity index (χ0n) is 8.53. The van der Waals surface area contributed by atoms with Gasteiger partial charge in [0.1, 0.15) is 11.5 Å². The van der Waals surface area contributed by atoms with Crippen LogP contribution in [0.25, 0.3) is 11.4 Å². The summed E-state index contributed by atoms with van der Waals surface area (Å²) in [5.41, 5.74) is 1.65. The Morgan fingerprint density at radius 1 is 1.13 bits per heavy atom. The van der Waals surface area contributed by atoms with Gasteiger partial charge in [-0.25, -0.2) is 14.4 Å². The van der Waals surface area contributed by atoms with Gasteiger partial charge in [-0.15, -0.1) is 0 Å². The smallest absolute Gasteiger partial charge is 0.151 e. The number of hydrogen-bond acceptors (Lipinski definition) is 3. The minimum Gasteiger partial charge on any atom is -0.251 e.